The Morgan fingerprint density at radius 1 is 1.21 bits per heavy atom. The number of aromatic nitrogens is 4. The Morgan fingerprint density at radius 3 is 2.89 bits per heavy atom. The molecule has 0 spiro atoms. The Bertz CT molecular complexity index is 938. The van der Waals surface area contributed by atoms with Crippen LogP contribution in [0.2, 0.25) is 0 Å². The molecule has 0 unspecified atom stereocenters. The monoisotopic (exact) mass is 378 g/mol. The maximum Gasteiger partial charge on any atom is 0.132 e. The molecule has 0 bridgehead atoms. The van der Waals surface area contributed by atoms with Crippen LogP contribution in [-0.2, 0) is 18.3 Å². The molecule has 3 aromatic heterocycles. The first-order valence-corrected chi connectivity index (χ1v) is 9.51. The van der Waals surface area contributed by atoms with Crippen LogP contribution in [-0.4, -0.2) is 58.4 Å². The number of aryl methyl sites for hydroxylation is 1. The van der Waals surface area contributed by atoms with E-state index in [2.05, 4.69) is 25.9 Å². The third-order valence-corrected chi connectivity index (χ3v) is 4.94. The van der Waals surface area contributed by atoms with Crippen LogP contribution in [0.1, 0.15) is 17.4 Å². The van der Waals surface area contributed by atoms with Crippen LogP contribution in [0.15, 0.2) is 48.9 Å². The lowest BCUT2D eigenvalue weighted by Crippen LogP contribution is -2.38. The summed E-state index contributed by atoms with van der Waals surface area (Å²) in [4.78, 5) is 13.8. The molecule has 7 heteroatoms. The van der Waals surface area contributed by atoms with Crippen LogP contribution in [0.3, 0.4) is 0 Å². The number of anilines is 1. The van der Waals surface area contributed by atoms with Crippen molar-refractivity contribution in [3.05, 3.63) is 60.2 Å². The maximum atomic E-state index is 6.05. The Morgan fingerprint density at radius 2 is 2.11 bits per heavy atom. The van der Waals surface area contributed by atoms with Gasteiger partial charge in [-0.3, -0.25) is 9.58 Å². The van der Waals surface area contributed by atoms with E-state index in [1.807, 2.05) is 64.0 Å². The van der Waals surface area contributed by atoms with Gasteiger partial charge in [0.2, 0.25) is 0 Å². The number of rotatable bonds is 5. The second-order valence-electron chi connectivity index (χ2n) is 7.33. The minimum absolute atomic E-state index is 0.0372. The van der Waals surface area contributed by atoms with E-state index < -0.39 is 0 Å². The number of ether oxygens (including phenoxy) is 1. The molecule has 0 amide bonds. The summed E-state index contributed by atoms with van der Waals surface area (Å²) >= 11 is 0. The normalized spacial score (nSPS) is 17.6. The molecule has 0 radical (unpaired) electrons. The molecular weight excluding hydrogens is 352 g/mol. The summed E-state index contributed by atoms with van der Waals surface area (Å²) in [5.41, 5.74) is 4.13. The summed E-state index contributed by atoms with van der Waals surface area (Å²) in [7, 11) is 5.97. The van der Waals surface area contributed by atoms with E-state index in [1.54, 1.807) is 4.68 Å². The average Bonchev–Trinajstić information content (AvgIpc) is 3.15. The van der Waals surface area contributed by atoms with Crippen molar-refractivity contribution < 1.29 is 4.74 Å². The highest BCUT2D eigenvalue weighted by Crippen LogP contribution is 2.26. The Hall–Kier alpha value is -2.77. The second-order valence-corrected chi connectivity index (χ2v) is 7.33. The van der Waals surface area contributed by atoms with Crippen molar-refractivity contribution in [3.8, 4) is 11.3 Å². The minimum Gasteiger partial charge on any atom is -0.369 e. The van der Waals surface area contributed by atoms with Gasteiger partial charge in [-0.1, -0.05) is 12.1 Å². The average molecular weight is 378 g/mol. The highest BCUT2D eigenvalue weighted by Gasteiger charge is 2.24. The molecule has 1 aliphatic rings. The molecule has 3 aromatic rings. The standard InChI is InChI=1S/C21H26N6O/c1-25(2)21-16(6-5-9-22-21)14-27-10-11-28-20(15-27)19-8-4-7-18(24-19)17-12-23-26(3)13-17/h4-9,12-13,20H,10-11,14-15H2,1-3H3/t20-/m1/s1. The number of nitrogens with zero attached hydrogens (tertiary/aromatic N) is 6. The Labute approximate surface area is 165 Å². The van der Waals surface area contributed by atoms with Crippen molar-refractivity contribution >= 4 is 5.82 Å². The number of hydrogen-bond donors (Lipinski definition) is 0. The van der Waals surface area contributed by atoms with E-state index in [9.17, 15) is 0 Å². The van der Waals surface area contributed by atoms with E-state index in [4.69, 9.17) is 9.72 Å². The van der Waals surface area contributed by atoms with Gasteiger partial charge in [-0.25, -0.2) is 9.97 Å². The van der Waals surface area contributed by atoms with Gasteiger partial charge in [-0.2, -0.15) is 5.10 Å². The van der Waals surface area contributed by atoms with E-state index >= 15 is 0 Å². The molecule has 4 heterocycles. The number of hydrogen-bond acceptors (Lipinski definition) is 6. The first-order valence-electron chi connectivity index (χ1n) is 9.51. The van der Waals surface area contributed by atoms with Crippen LogP contribution in [0.25, 0.3) is 11.3 Å². The van der Waals surface area contributed by atoms with E-state index in [1.165, 1.54) is 5.56 Å². The van der Waals surface area contributed by atoms with Crippen molar-refractivity contribution in [2.75, 3.05) is 38.7 Å². The summed E-state index contributed by atoms with van der Waals surface area (Å²) < 4.78 is 7.85. The third-order valence-electron chi connectivity index (χ3n) is 4.94. The van der Waals surface area contributed by atoms with E-state index in [0.29, 0.717) is 6.61 Å². The topological polar surface area (TPSA) is 59.3 Å². The quantitative estimate of drug-likeness (QED) is 0.680. The van der Waals surface area contributed by atoms with Crippen molar-refractivity contribution in [3.63, 3.8) is 0 Å². The molecule has 28 heavy (non-hydrogen) atoms. The number of morpholine rings is 1. The molecule has 0 aliphatic carbocycles. The van der Waals surface area contributed by atoms with E-state index in [-0.39, 0.29) is 6.10 Å². The fourth-order valence-corrected chi connectivity index (χ4v) is 3.57. The molecule has 0 aromatic carbocycles. The van der Waals surface area contributed by atoms with Gasteiger partial charge < -0.3 is 9.64 Å². The molecular formula is C21H26N6O. The Balaban J connectivity index is 1.50. The van der Waals surface area contributed by atoms with Gasteiger partial charge in [0.1, 0.15) is 11.9 Å². The predicted octanol–water partition coefficient (Wildman–Crippen LogP) is 2.52. The Kier molecular flexibility index (Phi) is 5.36. The van der Waals surface area contributed by atoms with Crippen LogP contribution >= 0.6 is 0 Å². The highest BCUT2D eigenvalue weighted by molar-refractivity contribution is 5.57. The zero-order chi connectivity index (χ0) is 19.5. The third kappa shape index (κ3) is 4.05. The van der Waals surface area contributed by atoms with Crippen LogP contribution < -0.4 is 4.90 Å². The van der Waals surface area contributed by atoms with Crippen molar-refractivity contribution in [1.29, 1.82) is 0 Å². The van der Waals surface area contributed by atoms with Crippen molar-refractivity contribution in [2.24, 2.45) is 7.05 Å². The summed E-state index contributed by atoms with van der Waals surface area (Å²) in [6.45, 7) is 3.26. The highest BCUT2D eigenvalue weighted by atomic mass is 16.5. The van der Waals surface area contributed by atoms with Crippen molar-refractivity contribution in [2.45, 2.75) is 12.6 Å². The van der Waals surface area contributed by atoms with Gasteiger partial charge in [0, 0.05) is 64.3 Å². The molecule has 1 fully saturated rings. The zero-order valence-corrected chi connectivity index (χ0v) is 16.6. The fraction of sp³-hybridized carbons (Fsp3) is 0.381. The lowest BCUT2D eigenvalue weighted by Gasteiger charge is -2.33. The lowest BCUT2D eigenvalue weighted by molar-refractivity contribution is -0.0349. The molecule has 1 aliphatic heterocycles. The van der Waals surface area contributed by atoms with Crippen LogP contribution in [0, 0.1) is 0 Å². The molecule has 7 nitrogen and oxygen atoms in total. The molecule has 1 atom stereocenters. The molecule has 146 valence electrons. The van der Waals surface area contributed by atoms with Gasteiger partial charge in [0.05, 0.1) is 24.2 Å². The maximum absolute atomic E-state index is 6.05. The van der Waals surface area contributed by atoms with Crippen LogP contribution in [0.4, 0.5) is 5.82 Å². The smallest absolute Gasteiger partial charge is 0.132 e. The summed E-state index contributed by atoms with van der Waals surface area (Å²) in [6, 6.07) is 10.2. The first-order chi connectivity index (χ1) is 13.6. The summed E-state index contributed by atoms with van der Waals surface area (Å²) in [5.74, 6) is 1.02. The summed E-state index contributed by atoms with van der Waals surface area (Å²) in [6.07, 6.45) is 5.62. The van der Waals surface area contributed by atoms with Crippen LogP contribution in [0.5, 0.6) is 0 Å². The molecule has 0 saturated carbocycles. The lowest BCUT2D eigenvalue weighted by atomic mass is 10.1. The predicted molar refractivity (Wildman–Crippen MR) is 109 cm³/mol. The minimum atomic E-state index is -0.0372. The second kappa shape index (κ2) is 8.08. The SMILES string of the molecule is CN(C)c1ncccc1CN1CCO[C@@H](c2cccc(-c3cnn(C)c3)n2)C1. The van der Waals surface area contributed by atoms with Gasteiger partial charge in [0.25, 0.3) is 0 Å². The van der Waals surface area contributed by atoms with Gasteiger partial charge in [0.15, 0.2) is 0 Å². The van der Waals surface area contributed by atoms with Gasteiger partial charge in [-0.05, 0) is 18.2 Å². The van der Waals surface area contributed by atoms with Gasteiger partial charge in [-0.15, -0.1) is 0 Å². The molecule has 4 rings (SSSR count). The van der Waals surface area contributed by atoms with Gasteiger partial charge >= 0.3 is 0 Å². The first kappa shape index (κ1) is 18.6. The molecule has 0 N–H and O–H groups in total. The number of pyridine rings is 2. The van der Waals surface area contributed by atoms with Crippen molar-refractivity contribution in [1.82, 2.24) is 24.6 Å². The van der Waals surface area contributed by atoms with E-state index in [0.717, 1.165) is 42.4 Å². The fourth-order valence-electron chi connectivity index (χ4n) is 3.57. The zero-order valence-electron chi connectivity index (χ0n) is 16.6. The molecule has 1 saturated heterocycles. The largest absolute Gasteiger partial charge is 0.369 e. The summed E-state index contributed by atoms with van der Waals surface area (Å²) in [5, 5.41) is 4.24.